The van der Waals surface area contributed by atoms with Crippen molar-refractivity contribution in [3.05, 3.63) is 32.3 Å². The van der Waals surface area contributed by atoms with E-state index in [9.17, 15) is 0 Å². The molecule has 0 amide bonds. The minimum atomic E-state index is 0.115. The normalized spacial score (nSPS) is 28.2. The van der Waals surface area contributed by atoms with Crippen LogP contribution in [0.5, 0.6) is 0 Å². The van der Waals surface area contributed by atoms with E-state index in [-0.39, 0.29) is 3.66 Å². The number of thiophene rings is 1. The van der Waals surface area contributed by atoms with Crippen molar-refractivity contribution in [2.24, 2.45) is 0 Å². The van der Waals surface area contributed by atoms with Crippen LogP contribution in [-0.2, 0) is 3.66 Å². The molecule has 4 heteroatoms. The van der Waals surface area contributed by atoms with Crippen molar-refractivity contribution >= 4 is 55.0 Å². The lowest BCUT2D eigenvalue weighted by Crippen LogP contribution is -2.05. The highest BCUT2D eigenvalue weighted by atomic mass is 79.9. The Bertz CT molecular complexity index is 309. The average Bonchev–Trinajstić information content (AvgIpc) is 2.59. The summed E-state index contributed by atoms with van der Waals surface area (Å²) in [5.74, 6) is 0. The fourth-order valence-corrected chi connectivity index (χ4v) is 4.39. The van der Waals surface area contributed by atoms with E-state index in [4.69, 9.17) is 0 Å². The van der Waals surface area contributed by atoms with E-state index in [1.54, 1.807) is 11.3 Å². The number of rotatable bonds is 1. The molecule has 0 aliphatic carbocycles. The maximum atomic E-state index is 3.76. The average molecular weight is 326 g/mol. The molecule has 12 heavy (non-hydrogen) atoms. The van der Waals surface area contributed by atoms with Crippen LogP contribution in [0.15, 0.2) is 27.4 Å². The van der Waals surface area contributed by atoms with Gasteiger partial charge in [-0.2, -0.15) is 0 Å². The summed E-state index contributed by atoms with van der Waals surface area (Å²) in [5, 5.41) is 2.16. The summed E-state index contributed by atoms with van der Waals surface area (Å²) < 4.78 is 1.31. The Morgan fingerprint density at radius 2 is 2.25 bits per heavy atom. The van der Waals surface area contributed by atoms with Gasteiger partial charge in [-0.15, -0.1) is 23.1 Å². The molecule has 0 radical (unpaired) electrons. The molecule has 0 saturated carbocycles. The molecule has 1 aromatic heterocycles. The molecule has 2 heterocycles. The molecular formula is C8H6Br2S2. The van der Waals surface area contributed by atoms with Crippen molar-refractivity contribution in [1.29, 1.82) is 0 Å². The molecule has 1 aliphatic rings. The van der Waals surface area contributed by atoms with E-state index >= 15 is 0 Å². The van der Waals surface area contributed by atoms with Gasteiger partial charge in [-0.1, -0.05) is 22.0 Å². The van der Waals surface area contributed by atoms with E-state index in [1.165, 1.54) is 8.66 Å². The summed E-state index contributed by atoms with van der Waals surface area (Å²) >= 11 is 10.9. The molecule has 0 spiro atoms. The van der Waals surface area contributed by atoms with Crippen LogP contribution in [0.4, 0.5) is 0 Å². The minimum Gasteiger partial charge on any atom is -0.131 e. The predicted octanol–water partition coefficient (Wildman–Crippen LogP) is 4.71. The molecule has 0 N–H and O–H groups in total. The van der Waals surface area contributed by atoms with Crippen LogP contribution >= 0.6 is 55.0 Å². The van der Waals surface area contributed by atoms with E-state index in [0.717, 1.165) is 6.42 Å². The van der Waals surface area contributed by atoms with Crippen LogP contribution in [0.25, 0.3) is 0 Å². The topological polar surface area (TPSA) is 0 Å². The van der Waals surface area contributed by atoms with E-state index in [1.807, 2.05) is 11.8 Å². The number of alkyl halides is 1. The van der Waals surface area contributed by atoms with Gasteiger partial charge >= 0.3 is 0 Å². The zero-order valence-corrected chi connectivity index (χ0v) is 10.9. The second-order valence-electron chi connectivity index (χ2n) is 2.53. The fourth-order valence-electron chi connectivity index (χ4n) is 1.08. The molecule has 0 saturated heterocycles. The second-order valence-corrected chi connectivity index (χ2v) is 8.07. The molecule has 1 aliphatic heterocycles. The van der Waals surface area contributed by atoms with Crippen molar-refractivity contribution in [3.8, 4) is 0 Å². The van der Waals surface area contributed by atoms with Crippen LogP contribution < -0.4 is 0 Å². The Kier molecular flexibility index (Phi) is 2.70. The van der Waals surface area contributed by atoms with Crippen molar-refractivity contribution in [1.82, 2.24) is 0 Å². The maximum Gasteiger partial charge on any atom is 0.112 e. The highest BCUT2D eigenvalue weighted by Crippen LogP contribution is 2.52. The van der Waals surface area contributed by atoms with Gasteiger partial charge in [0.2, 0.25) is 0 Å². The van der Waals surface area contributed by atoms with Gasteiger partial charge in [0.05, 0.1) is 3.79 Å². The first-order chi connectivity index (χ1) is 5.71. The molecule has 2 rings (SSSR count). The van der Waals surface area contributed by atoms with Gasteiger partial charge in [-0.3, -0.25) is 0 Å². The first kappa shape index (κ1) is 9.31. The fraction of sp³-hybridized carbons (Fsp3) is 0.250. The van der Waals surface area contributed by atoms with Gasteiger partial charge in [0.1, 0.15) is 3.66 Å². The Morgan fingerprint density at radius 1 is 1.42 bits per heavy atom. The molecule has 1 aromatic rings. The van der Waals surface area contributed by atoms with E-state index in [2.05, 4.69) is 55.5 Å². The van der Waals surface area contributed by atoms with Crippen LogP contribution in [0.3, 0.4) is 0 Å². The lowest BCUT2D eigenvalue weighted by atomic mass is 10.2. The second kappa shape index (κ2) is 3.48. The van der Waals surface area contributed by atoms with E-state index in [0.29, 0.717) is 0 Å². The lowest BCUT2D eigenvalue weighted by Gasteiger charge is -2.17. The zero-order chi connectivity index (χ0) is 8.60. The minimum absolute atomic E-state index is 0.115. The Labute approximate surface area is 96.7 Å². The molecule has 0 bridgehead atoms. The standard InChI is InChI=1S/C8H6Br2S2/c9-7-3-2-6(12-7)8(10)4-1-5-11-8/h1-3,5H,4H2. The van der Waals surface area contributed by atoms with Gasteiger partial charge in [0.25, 0.3) is 0 Å². The monoisotopic (exact) mass is 324 g/mol. The highest BCUT2D eigenvalue weighted by molar-refractivity contribution is 9.11. The summed E-state index contributed by atoms with van der Waals surface area (Å²) in [7, 11) is 0. The summed E-state index contributed by atoms with van der Waals surface area (Å²) in [6.07, 6.45) is 3.28. The van der Waals surface area contributed by atoms with Crippen LogP contribution in [0.1, 0.15) is 11.3 Å². The first-order valence-electron chi connectivity index (χ1n) is 3.48. The molecule has 1 unspecified atom stereocenters. The van der Waals surface area contributed by atoms with Crippen molar-refractivity contribution in [3.63, 3.8) is 0 Å². The first-order valence-corrected chi connectivity index (χ1v) is 6.76. The van der Waals surface area contributed by atoms with Crippen molar-refractivity contribution in [2.45, 2.75) is 10.1 Å². The maximum absolute atomic E-state index is 3.76. The SMILES string of the molecule is Brc1ccc(C2(Br)CC=CS2)s1. The smallest absolute Gasteiger partial charge is 0.112 e. The van der Waals surface area contributed by atoms with Gasteiger partial charge < -0.3 is 0 Å². The molecular weight excluding hydrogens is 320 g/mol. The van der Waals surface area contributed by atoms with Crippen LogP contribution in [-0.4, -0.2) is 0 Å². The Balaban J connectivity index is 2.30. The van der Waals surface area contributed by atoms with Crippen LogP contribution in [0.2, 0.25) is 0 Å². The largest absolute Gasteiger partial charge is 0.131 e. The van der Waals surface area contributed by atoms with Gasteiger partial charge in [-0.25, -0.2) is 0 Å². The predicted molar refractivity (Wildman–Crippen MR) is 64.0 cm³/mol. The molecule has 0 fully saturated rings. The van der Waals surface area contributed by atoms with Crippen molar-refractivity contribution in [2.75, 3.05) is 0 Å². The van der Waals surface area contributed by atoms with Gasteiger partial charge in [0, 0.05) is 4.88 Å². The zero-order valence-electron chi connectivity index (χ0n) is 6.09. The summed E-state index contributed by atoms with van der Waals surface area (Å²) in [4.78, 5) is 1.38. The molecule has 0 nitrogen and oxygen atoms in total. The number of thioether (sulfide) groups is 1. The summed E-state index contributed by atoms with van der Waals surface area (Å²) in [5.41, 5.74) is 0. The van der Waals surface area contributed by atoms with E-state index < -0.39 is 0 Å². The third kappa shape index (κ3) is 1.67. The summed E-state index contributed by atoms with van der Waals surface area (Å²) in [6, 6.07) is 4.27. The molecule has 1 atom stereocenters. The Morgan fingerprint density at radius 3 is 2.75 bits per heavy atom. The summed E-state index contributed by atoms with van der Waals surface area (Å²) in [6.45, 7) is 0. The number of halogens is 2. The lowest BCUT2D eigenvalue weighted by molar-refractivity contribution is 0.959. The third-order valence-corrected chi connectivity index (χ3v) is 6.25. The van der Waals surface area contributed by atoms with Crippen molar-refractivity contribution < 1.29 is 0 Å². The van der Waals surface area contributed by atoms with Gasteiger partial charge in [-0.05, 0) is 39.9 Å². The number of hydrogen-bond donors (Lipinski definition) is 0. The number of allylic oxidation sites excluding steroid dienone is 1. The quantitative estimate of drug-likeness (QED) is 0.674. The van der Waals surface area contributed by atoms with Gasteiger partial charge in [0.15, 0.2) is 0 Å². The Hall–Kier alpha value is 0.750. The van der Waals surface area contributed by atoms with Crippen LogP contribution in [0, 0.1) is 0 Å². The highest BCUT2D eigenvalue weighted by Gasteiger charge is 2.32. The molecule has 0 aromatic carbocycles. The molecule has 64 valence electrons. The number of hydrogen-bond acceptors (Lipinski definition) is 2. The third-order valence-electron chi connectivity index (χ3n) is 1.67.